The first kappa shape index (κ1) is 18.7. The Labute approximate surface area is 162 Å². The molecule has 0 bridgehead atoms. The first-order valence-corrected chi connectivity index (χ1v) is 9.29. The lowest BCUT2D eigenvalue weighted by molar-refractivity contribution is -0.116. The molecule has 0 saturated carbocycles. The zero-order valence-corrected chi connectivity index (χ0v) is 16.0. The molecule has 3 N–H and O–H groups in total. The number of nitrogens with two attached hydrogens (primary N) is 1. The number of rotatable bonds is 7. The van der Waals surface area contributed by atoms with Gasteiger partial charge in [0, 0.05) is 23.1 Å². The maximum absolute atomic E-state index is 12.3. The molecule has 0 radical (unpaired) electrons. The Morgan fingerprint density at radius 1 is 1.15 bits per heavy atom. The van der Waals surface area contributed by atoms with Crippen molar-refractivity contribution in [3.8, 4) is 22.8 Å². The van der Waals surface area contributed by atoms with Gasteiger partial charge in [-0.2, -0.15) is 0 Å². The van der Waals surface area contributed by atoms with E-state index in [1.54, 1.807) is 14.2 Å². The van der Waals surface area contributed by atoms with Crippen molar-refractivity contribution in [3.63, 3.8) is 0 Å². The molecule has 0 saturated heterocycles. The topological polar surface area (TPSA) is 86.5 Å². The van der Waals surface area contributed by atoms with Crippen LogP contribution in [0.4, 0.5) is 10.8 Å². The number of nitrogen functional groups attached to an aromatic ring is 1. The van der Waals surface area contributed by atoms with Crippen LogP contribution in [0.3, 0.4) is 0 Å². The number of nitrogens with zero attached hydrogens (tertiary/aromatic N) is 1. The van der Waals surface area contributed by atoms with Crippen molar-refractivity contribution in [1.82, 2.24) is 4.98 Å². The monoisotopic (exact) mass is 383 g/mol. The smallest absolute Gasteiger partial charge is 0.224 e. The molecular weight excluding hydrogens is 362 g/mol. The summed E-state index contributed by atoms with van der Waals surface area (Å²) in [5.41, 5.74) is 9.15. The van der Waals surface area contributed by atoms with Crippen molar-refractivity contribution >= 4 is 28.1 Å². The van der Waals surface area contributed by atoms with E-state index in [9.17, 15) is 4.79 Å². The number of methoxy groups -OCH3 is 2. The van der Waals surface area contributed by atoms with Crippen LogP contribution >= 0.6 is 11.3 Å². The Kier molecular flexibility index (Phi) is 5.93. The summed E-state index contributed by atoms with van der Waals surface area (Å²) in [5.74, 6) is 1.27. The Morgan fingerprint density at radius 2 is 1.96 bits per heavy atom. The predicted octanol–water partition coefficient (Wildman–Crippen LogP) is 3.98. The number of benzene rings is 2. The van der Waals surface area contributed by atoms with Crippen molar-refractivity contribution in [1.29, 1.82) is 0 Å². The number of carbonyl (C=O) groups is 1. The molecular formula is C20H21N3O3S. The number of amides is 1. The van der Waals surface area contributed by atoms with Crippen LogP contribution in [0, 0.1) is 0 Å². The summed E-state index contributed by atoms with van der Waals surface area (Å²) in [4.78, 5) is 16.6. The SMILES string of the molecule is COc1ccc(CCC(=O)Nc2cccc(-c3csc(N)n3)c2)cc1OC. The average Bonchev–Trinajstić information content (AvgIpc) is 3.12. The van der Waals surface area contributed by atoms with Crippen LogP contribution in [-0.4, -0.2) is 25.1 Å². The van der Waals surface area contributed by atoms with E-state index in [1.165, 1.54) is 11.3 Å². The molecule has 1 aromatic heterocycles. The fourth-order valence-electron chi connectivity index (χ4n) is 2.69. The Morgan fingerprint density at radius 3 is 2.67 bits per heavy atom. The normalized spacial score (nSPS) is 10.4. The Balaban J connectivity index is 1.61. The van der Waals surface area contributed by atoms with Gasteiger partial charge in [-0.1, -0.05) is 18.2 Å². The summed E-state index contributed by atoms with van der Waals surface area (Å²) in [6, 6.07) is 13.2. The number of thiazole rings is 1. The van der Waals surface area contributed by atoms with Gasteiger partial charge in [0.15, 0.2) is 16.6 Å². The highest BCUT2D eigenvalue weighted by Crippen LogP contribution is 2.28. The highest BCUT2D eigenvalue weighted by Gasteiger charge is 2.09. The molecule has 0 fully saturated rings. The number of carbonyl (C=O) groups excluding carboxylic acids is 1. The number of nitrogens with one attached hydrogen (secondary N) is 1. The van der Waals surface area contributed by atoms with Gasteiger partial charge >= 0.3 is 0 Å². The molecule has 0 aliphatic heterocycles. The molecule has 1 amide bonds. The minimum Gasteiger partial charge on any atom is -0.493 e. The van der Waals surface area contributed by atoms with E-state index in [2.05, 4.69) is 10.3 Å². The summed E-state index contributed by atoms with van der Waals surface area (Å²) in [7, 11) is 3.19. The lowest BCUT2D eigenvalue weighted by atomic mass is 10.1. The van der Waals surface area contributed by atoms with E-state index >= 15 is 0 Å². The number of anilines is 2. The summed E-state index contributed by atoms with van der Waals surface area (Å²) in [5, 5.41) is 5.35. The molecule has 27 heavy (non-hydrogen) atoms. The largest absolute Gasteiger partial charge is 0.493 e. The van der Waals surface area contributed by atoms with E-state index in [1.807, 2.05) is 47.8 Å². The van der Waals surface area contributed by atoms with Crippen LogP contribution in [0.15, 0.2) is 47.8 Å². The van der Waals surface area contributed by atoms with Gasteiger partial charge in [0.2, 0.25) is 5.91 Å². The third kappa shape index (κ3) is 4.77. The highest BCUT2D eigenvalue weighted by atomic mass is 32.1. The van der Waals surface area contributed by atoms with Crippen LogP contribution in [-0.2, 0) is 11.2 Å². The van der Waals surface area contributed by atoms with Gasteiger partial charge < -0.3 is 20.5 Å². The molecule has 7 heteroatoms. The van der Waals surface area contributed by atoms with E-state index in [-0.39, 0.29) is 5.91 Å². The highest BCUT2D eigenvalue weighted by molar-refractivity contribution is 7.13. The summed E-state index contributed by atoms with van der Waals surface area (Å²) < 4.78 is 10.5. The predicted molar refractivity (Wildman–Crippen MR) is 108 cm³/mol. The van der Waals surface area contributed by atoms with Crippen LogP contribution in [0.1, 0.15) is 12.0 Å². The van der Waals surface area contributed by atoms with Crippen molar-refractivity contribution in [3.05, 3.63) is 53.4 Å². The molecule has 0 unspecified atom stereocenters. The van der Waals surface area contributed by atoms with Crippen molar-refractivity contribution in [2.75, 3.05) is 25.3 Å². The average molecular weight is 383 g/mol. The summed E-state index contributed by atoms with van der Waals surface area (Å²) in [6.07, 6.45) is 0.970. The summed E-state index contributed by atoms with van der Waals surface area (Å²) >= 11 is 1.39. The first-order valence-electron chi connectivity index (χ1n) is 8.41. The molecule has 0 aliphatic carbocycles. The molecule has 1 heterocycles. The van der Waals surface area contributed by atoms with Gasteiger partial charge in [0.05, 0.1) is 19.9 Å². The second kappa shape index (κ2) is 8.55. The molecule has 0 aliphatic rings. The standard InChI is InChI=1S/C20H21N3O3S/c1-25-17-8-6-13(10-18(17)26-2)7-9-19(24)22-15-5-3-4-14(11-15)16-12-27-20(21)23-16/h3-6,8,10-12H,7,9H2,1-2H3,(H2,21,23)(H,22,24). The number of hydrogen-bond donors (Lipinski definition) is 2. The summed E-state index contributed by atoms with van der Waals surface area (Å²) in [6.45, 7) is 0. The van der Waals surface area contributed by atoms with Gasteiger partial charge in [-0.3, -0.25) is 4.79 Å². The quantitative estimate of drug-likeness (QED) is 0.644. The van der Waals surface area contributed by atoms with Gasteiger partial charge in [-0.15, -0.1) is 11.3 Å². The third-order valence-electron chi connectivity index (χ3n) is 4.05. The lowest BCUT2D eigenvalue weighted by Crippen LogP contribution is -2.12. The number of aromatic nitrogens is 1. The Hall–Kier alpha value is -3.06. The minimum absolute atomic E-state index is 0.0558. The fraction of sp³-hybridized carbons (Fsp3) is 0.200. The van der Waals surface area contributed by atoms with Crippen molar-refractivity contribution in [2.45, 2.75) is 12.8 Å². The number of ether oxygens (including phenoxy) is 2. The number of aryl methyl sites for hydroxylation is 1. The van der Waals surface area contributed by atoms with Crippen molar-refractivity contribution < 1.29 is 14.3 Å². The van der Waals surface area contributed by atoms with Gasteiger partial charge in [-0.05, 0) is 36.2 Å². The van der Waals surface area contributed by atoms with E-state index in [4.69, 9.17) is 15.2 Å². The molecule has 6 nitrogen and oxygen atoms in total. The van der Waals surface area contributed by atoms with E-state index in [0.717, 1.165) is 22.5 Å². The first-order chi connectivity index (χ1) is 13.1. The zero-order chi connectivity index (χ0) is 19.2. The van der Waals surface area contributed by atoms with Crippen LogP contribution in [0.2, 0.25) is 0 Å². The molecule has 2 aromatic carbocycles. The van der Waals surface area contributed by atoms with Crippen molar-refractivity contribution in [2.24, 2.45) is 0 Å². The lowest BCUT2D eigenvalue weighted by Gasteiger charge is -2.10. The Bertz CT molecular complexity index is 940. The van der Waals surface area contributed by atoms with Gasteiger partial charge in [-0.25, -0.2) is 4.98 Å². The maximum atomic E-state index is 12.3. The van der Waals surface area contributed by atoms with Gasteiger partial charge in [0.1, 0.15) is 0 Å². The van der Waals surface area contributed by atoms with Crippen LogP contribution in [0.25, 0.3) is 11.3 Å². The maximum Gasteiger partial charge on any atom is 0.224 e. The van der Waals surface area contributed by atoms with Gasteiger partial charge in [0.25, 0.3) is 0 Å². The molecule has 0 spiro atoms. The molecule has 3 rings (SSSR count). The molecule has 3 aromatic rings. The van der Waals surface area contributed by atoms with E-state index in [0.29, 0.717) is 29.5 Å². The molecule has 0 atom stereocenters. The second-order valence-electron chi connectivity index (χ2n) is 5.89. The second-order valence-corrected chi connectivity index (χ2v) is 6.78. The minimum atomic E-state index is -0.0558. The zero-order valence-electron chi connectivity index (χ0n) is 15.2. The van der Waals surface area contributed by atoms with E-state index < -0.39 is 0 Å². The van der Waals surface area contributed by atoms with Crippen LogP contribution < -0.4 is 20.5 Å². The third-order valence-corrected chi connectivity index (χ3v) is 4.73. The molecule has 140 valence electrons. The fourth-order valence-corrected chi connectivity index (χ4v) is 3.27. The van der Waals surface area contributed by atoms with Crippen LogP contribution in [0.5, 0.6) is 11.5 Å². The number of hydrogen-bond acceptors (Lipinski definition) is 6.